The minimum absolute atomic E-state index is 0.0860. The Morgan fingerprint density at radius 1 is 1.41 bits per heavy atom. The van der Waals surface area contributed by atoms with Gasteiger partial charge in [-0.1, -0.05) is 6.07 Å². The predicted molar refractivity (Wildman–Crippen MR) is 92.9 cm³/mol. The van der Waals surface area contributed by atoms with Crippen molar-refractivity contribution in [2.75, 3.05) is 32.6 Å². The number of alkyl halides is 3. The Morgan fingerprint density at radius 2 is 2.07 bits per heavy atom. The number of hydrogen-bond acceptors (Lipinski definition) is 6. The molecule has 0 bridgehead atoms. The summed E-state index contributed by atoms with van der Waals surface area (Å²) in [7, 11) is -3.18. The number of nitrogens with zero attached hydrogens (tertiary/aromatic N) is 1. The first kappa shape index (κ1) is 22.1. The third kappa shape index (κ3) is 7.03. The van der Waals surface area contributed by atoms with Crippen LogP contribution in [0.4, 0.5) is 13.2 Å². The zero-order valence-electron chi connectivity index (χ0n) is 14.5. The van der Waals surface area contributed by atoms with Crippen molar-refractivity contribution in [3.8, 4) is 0 Å². The zero-order chi connectivity index (χ0) is 20.2. The number of aliphatic carboxylic acids is 1. The minimum Gasteiger partial charge on any atom is -0.475 e. The lowest BCUT2D eigenvalue weighted by Gasteiger charge is -2.32. The molecule has 0 amide bonds. The Balaban J connectivity index is 0.000000321. The van der Waals surface area contributed by atoms with E-state index in [9.17, 15) is 21.6 Å². The highest BCUT2D eigenvalue weighted by Gasteiger charge is 2.42. The second kappa shape index (κ2) is 8.86. The molecular weight excluding hydrogens is 409 g/mol. The molecule has 3 heterocycles. The smallest absolute Gasteiger partial charge is 0.475 e. The van der Waals surface area contributed by atoms with Gasteiger partial charge in [-0.25, -0.2) is 17.9 Å². The zero-order valence-corrected chi connectivity index (χ0v) is 16.1. The molecule has 0 spiro atoms. The summed E-state index contributed by atoms with van der Waals surface area (Å²) in [5.74, 6) is -1.96. The number of ether oxygens (including phenoxy) is 1. The van der Waals surface area contributed by atoms with E-state index >= 15 is 0 Å². The summed E-state index contributed by atoms with van der Waals surface area (Å²) in [4.78, 5) is 12.7. The summed E-state index contributed by atoms with van der Waals surface area (Å²) in [6.07, 6.45) is -3.87. The Hall–Kier alpha value is -1.21. The highest BCUT2D eigenvalue weighted by Crippen LogP contribution is 2.32. The van der Waals surface area contributed by atoms with E-state index < -0.39 is 22.2 Å². The molecule has 0 aromatic carbocycles. The minimum atomic E-state index is -5.08. The van der Waals surface area contributed by atoms with Crippen molar-refractivity contribution in [2.45, 2.75) is 18.8 Å². The molecule has 7 nitrogen and oxygen atoms in total. The second-order valence-corrected chi connectivity index (χ2v) is 9.35. The number of carboxylic acid groups (broad SMARTS) is 1. The summed E-state index contributed by atoms with van der Waals surface area (Å²) in [5.41, 5.74) is 0. The van der Waals surface area contributed by atoms with Crippen molar-refractivity contribution in [3.63, 3.8) is 0 Å². The fraction of sp³-hybridized carbons (Fsp3) is 0.667. The van der Waals surface area contributed by atoms with Crippen LogP contribution < -0.4 is 4.72 Å². The molecule has 2 aliphatic heterocycles. The topological polar surface area (TPSA) is 95.9 Å². The summed E-state index contributed by atoms with van der Waals surface area (Å²) < 4.78 is 62.9. The van der Waals surface area contributed by atoms with Crippen LogP contribution in [0.5, 0.6) is 0 Å². The maximum atomic E-state index is 11.4. The molecule has 2 fully saturated rings. The Morgan fingerprint density at radius 3 is 2.59 bits per heavy atom. The molecule has 0 unspecified atom stereocenters. The Bertz CT molecular complexity index is 724. The summed E-state index contributed by atoms with van der Waals surface area (Å²) in [6, 6.07) is 4.13. The standard InChI is InChI=1S/C13H20N2O3S2.C2HF3O2/c1-20(16,17)14-13-9-18-8-10-5-15(7-12(10)13)6-11-3-2-4-19-11;3-2(4,5)1(6)7/h2-4,10,12-14H,5-9H2,1H3;(H,6,7)/t10-,12-,13+;/m0./s1. The number of carbonyl (C=O) groups is 1. The average Bonchev–Trinajstić information content (AvgIpc) is 3.15. The van der Waals surface area contributed by atoms with Crippen LogP contribution in [-0.4, -0.2) is 69.2 Å². The number of nitrogens with one attached hydrogen (secondary N) is 1. The first-order valence-corrected chi connectivity index (χ1v) is 10.8. The molecular formula is C15H21F3N2O5S2. The van der Waals surface area contributed by atoms with Gasteiger partial charge < -0.3 is 9.84 Å². The summed E-state index contributed by atoms with van der Waals surface area (Å²) in [5, 5.41) is 9.22. The Kier molecular flexibility index (Phi) is 7.25. The molecule has 2 aliphatic rings. The van der Waals surface area contributed by atoms with E-state index in [-0.39, 0.29) is 6.04 Å². The third-order valence-electron chi connectivity index (χ3n) is 4.28. The number of hydrogen-bond donors (Lipinski definition) is 2. The van der Waals surface area contributed by atoms with Gasteiger partial charge in [0.15, 0.2) is 0 Å². The van der Waals surface area contributed by atoms with Crippen LogP contribution >= 0.6 is 11.3 Å². The normalized spacial score (nSPS) is 26.1. The van der Waals surface area contributed by atoms with Crippen LogP contribution in [0.25, 0.3) is 0 Å². The molecule has 1 aromatic heterocycles. The van der Waals surface area contributed by atoms with Gasteiger partial charge in [-0.3, -0.25) is 4.90 Å². The lowest BCUT2D eigenvalue weighted by atomic mass is 9.88. The molecule has 27 heavy (non-hydrogen) atoms. The van der Waals surface area contributed by atoms with E-state index in [0.717, 1.165) is 26.2 Å². The predicted octanol–water partition coefficient (Wildman–Crippen LogP) is 1.38. The van der Waals surface area contributed by atoms with Crippen LogP contribution in [-0.2, 0) is 26.1 Å². The highest BCUT2D eigenvalue weighted by atomic mass is 32.2. The fourth-order valence-corrected chi connectivity index (χ4v) is 4.78. The van der Waals surface area contributed by atoms with Gasteiger partial charge in [0.05, 0.1) is 19.5 Å². The van der Waals surface area contributed by atoms with Crippen LogP contribution in [0.1, 0.15) is 4.88 Å². The molecule has 12 heteroatoms. The first-order valence-electron chi connectivity index (χ1n) is 8.05. The van der Waals surface area contributed by atoms with Crippen LogP contribution in [0.3, 0.4) is 0 Å². The van der Waals surface area contributed by atoms with E-state index in [0.29, 0.717) is 18.4 Å². The van der Waals surface area contributed by atoms with Gasteiger partial charge in [0.25, 0.3) is 0 Å². The lowest BCUT2D eigenvalue weighted by molar-refractivity contribution is -0.192. The Labute approximate surface area is 159 Å². The van der Waals surface area contributed by atoms with E-state index in [4.69, 9.17) is 14.6 Å². The monoisotopic (exact) mass is 430 g/mol. The SMILES string of the molecule is CS(=O)(=O)N[C@@H]1COC[C@@H]2CN(Cc3cccs3)C[C@@H]21.O=C(O)C(F)(F)F. The number of likely N-dealkylation sites (tertiary alicyclic amines) is 1. The number of fused-ring (bicyclic) bond motifs is 1. The van der Waals surface area contributed by atoms with Gasteiger partial charge in [-0.15, -0.1) is 11.3 Å². The highest BCUT2D eigenvalue weighted by molar-refractivity contribution is 7.88. The van der Waals surface area contributed by atoms with Crippen molar-refractivity contribution < 1.29 is 36.2 Å². The van der Waals surface area contributed by atoms with Crippen molar-refractivity contribution >= 4 is 27.3 Å². The molecule has 0 radical (unpaired) electrons. The maximum absolute atomic E-state index is 11.4. The number of thiophene rings is 1. The van der Waals surface area contributed by atoms with Crippen molar-refractivity contribution in [2.24, 2.45) is 11.8 Å². The number of carboxylic acids is 1. The largest absolute Gasteiger partial charge is 0.490 e. The number of rotatable bonds is 4. The molecule has 2 saturated heterocycles. The van der Waals surface area contributed by atoms with E-state index in [1.54, 1.807) is 11.3 Å². The third-order valence-corrected chi connectivity index (χ3v) is 5.87. The van der Waals surface area contributed by atoms with Crippen molar-refractivity contribution in [3.05, 3.63) is 22.4 Å². The fourth-order valence-electron chi connectivity index (χ4n) is 3.24. The maximum Gasteiger partial charge on any atom is 0.490 e. The summed E-state index contributed by atoms with van der Waals surface area (Å²) >= 11 is 1.77. The molecule has 2 N–H and O–H groups in total. The van der Waals surface area contributed by atoms with Crippen molar-refractivity contribution in [1.82, 2.24) is 9.62 Å². The van der Waals surface area contributed by atoms with Crippen LogP contribution in [0.15, 0.2) is 17.5 Å². The second-order valence-electron chi connectivity index (χ2n) is 6.53. The molecule has 1 aromatic rings. The quantitative estimate of drug-likeness (QED) is 0.749. The van der Waals surface area contributed by atoms with Crippen LogP contribution in [0, 0.1) is 11.8 Å². The van der Waals surface area contributed by atoms with Gasteiger partial charge in [0.2, 0.25) is 10.0 Å². The van der Waals surface area contributed by atoms with Gasteiger partial charge in [0.1, 0.15) is 0 Å². The molecule has 154 valence electrons. The van der Waals surface area contributed by atoms with Gasteiger partial charge in [-0.2, -0.15) is 13.2 Å². The molecule has 0 aliphatic carbocycles. The average molecular weight is 430 g/mol. The van der Waals surface area contributed by atoms with Gasteiger partial charge in [-0.05, 0) is 17.4 Å². The van der Waals surface area contributed by atoms with E-state index in [1.807, 2.05) is 0 Å². The van der Waals surface area contributed by atoms with Crippen LogP contribution in [0.2, 0.25) is 0 Å². The van der Waals surface area contributed by atoms with E-state index in [2.05, 4.69) is 27.1 Å². The summed E-state index contributed by atoms with van der Waals surface area (Å²) in [6.45, 7) is 4.12. The number of halogens is 3. The first-order chi connectivity index (χ1) is 12.5. The lowest BCUT2D eigenvalue weighted by Crippen LogP contribution is -2.49. The number of sulfonamides is 1. The van der Waals surface area contributed by atoms with Gasteiger partial charge >= 0.3 is 12.1 Å². The van der Waals surface area contributed by atoms with E-state index in [1.165, 1.54) is 11.1 Å². The van der Waals surface area contributed by atoms with Gasteiger partial charge in [0, 0.05) is 36.5 Å². The molecule has 0 saturated carbocycles. The molecule has 3 rings (SSSR count). The van der Waals surface area contributed by atoms with Crippen molar-refractivity contribution in [1.29, 1.82) is 0 Å². The molecule has 3 atom stereocenters.